The monoisotopic (exact) mass is 413 g/mol. The van der Waals surface area contributed by atoms with Gasteiger partial charge in [0.15, 0.2) is 0 Å². The van der Waals surface area contributed by atoms with Crippen molar-refractivity contribution in [3.63, 3.8) is 0 Å². The second kappa shape index (κ2) is 8.63. The molecule has 1 spiro atoms. The third-order valence-electron chi connectivity index (χ3n) is 6.51. The molecule has 2 N–H and O–H groups in total. The van der Waals surface area contributed by atoms with Crippen LogP contribution in [0.5, 0.6) is 0 Å². The van der Waals surface area contributed by atoms with Crippen LogP contribution in [0.1, 0.15) is 38.5 Å². The molecule has 2 aliphatic heterocycles. The van der Waals surface area contributed by atoms with Crippen LogP contribution in [0.3, 0.4) is 0 Å². The molecule has 8 heteroatoms. The van der Waals surface area contributed by atoms with Gasteiger partial charge in [-0.1, -0.05) is 25.0 Å². The van der Waals surface area contributed by atoms with E-state index < -0.39 is 5.54 Å². The Balaban J connectivity index is 1.30. The number of likely N-dealkylation sites (N-methyl/N-ethyl adjacent to an activating group) is 1. The van der Waals surface area contributed by atoms with E-state index in [0.717, 1.165) is 63.2 Å². The maximum atomic E-state index is 12.7. The third-order valence-corrected chi connectivity index (χ3v) is 6.51. The normalized spacial score (nSPS) is 21.4. The van der Waals surface area contributed by atoms with Crippen LogP contribution in [0.4, 0.5) is 16.2 Å². The summed E-state index contributed by atoms with van der Waals surface area (Å²) in [5, 5.41) is 5.90. The van der Waals surface area contributed by atoms with Gasteiger partial charge in [0.2, 0.25) is 5.91 Å². The fourth-order valence-electron chi connectivity index (χ4n) is 4.71. The van der Waals surface area contributed by atoms with Crippen LogP contribution in [-0.2, 0) is 9.59 Å². The molecule has 30 heavy (non-hydrogen) atoms. The van der Waals surface area contributed by atoms with Gasteiger partial charge >= 0.3 is 6.03 Å². The standard InChI is InChI=1S/C22H31N5O3/c1-25-13-15-26(16-14-25)18-8-3-2-7-17(18)23-19(28)9-6-12-27-20(29)22(24-21(27)30)10-4-5-11-22/h2-3,7-8H,4-6,9-16H2,1H3,(H,23,28)(H,24,30). The van der Waals surface area contributed by atoms with Gasteiger partial charge in [-0.3, -0.25) is 14.5 Å². The van der Waals surface area contributed by atoms with E-state index in [1.165, 1.54) is 4.90 Å². The average Bonchev–Trinajstić information content (AvgIpc) is 3.29. The van der Waals surface area contributed by atoms with Crippen molar-refractivity contribution in [1.29, 1.82) is 0 Å². The summed E-state index contributed by atoms with van der Waals surface area (Å²) in [5.41, 5.74) is 1.17. The van der Waals surface area contributed by atoms with E-state index in [2.05, 4.69) is 27.5 Å². The first-order chi connectivity index (χ1) is 14.5. The maximum Gasteiger partial charge on any atom is 0.325 e. The minimum absolute atomic E-state index is 0.0980. The van der Waals surface area contributed by atoms with E-state index in [0.29, 0.717) is 6.42 Å². The number of piperazine rings is 1. The highest BCUT2D eigenvalue weighted by atomic mass is 16.2. The summed E-state index contributed by atoms with van der Waals surface area (Å²) in [6, 6.07) is 7.55. The highest BCUT2D eigenvalue weighted by Crippen LogP contribution is 2.35. The first-order valence-corrected chi connectivity index (χ1v) is 10.9. The Morgan fingerprint density at radius 1 is 1.10 bits per heavy atom. The van der Waals surface area contributed by atoms with Crippen molar-refractivity contribution in [2.45, 2.75) is 44.1 Å². The van der Waals surface area contributed by atoms with Crippen molar-refractivity contribution >= 4 is 29.2 Å². The number of benzene rings is 1. The molecule has 0 radical (unpaired) electrons. The number of nitrogens with one attached hydrogen (secondary N) is 2. The summed E-state index contributed by atoms with van der Waals surface area (Å²) < 4.78 is 0. The quantitative estimate of drug-likeness (QED) is 0.697. The number of amides is 4. The number of anilines is 2. The molecule has 162 valence electrons. The SMILES string of the molecule is CN1CCN(c2ccccc2NC(=O)CCCN2C(=O)NC3(CCCC3)C2=O)CC1. The first-order valence-electron chi connectivity index (χ1n) is 10.9. The lowest BCUT2D eigenvalue weighted by molar-refractivity contribution is -0.131. The van der Waals surface area contributed by atoms with Crippen LogP contribution in [0.2, 0.25) is 0 Å². The van der Waals surface area contributed by atoms with Gasteiger partial charge in [-0.05, 0) is 38.4 Å². The van der Waals surface area contributed by atoms with Gasteiger partial charge in [-0.15, -0.1) is 0 Å². The number of urea groups is 1. The number of rotatable bonds is 6. The predicted molar refractivity (Wildman–Crippen MR) is 115 cm³/mol. The Kier molecular flexibility index (Phi) is 5.94. The zero-order valence-electron chi connectivity index (χ0n) is 17.7. The smallest absolute Gasteiger partial charge is 0.325 e. The van der Waals surface area contributed by atoms with Crippen LogP contribution in [0.25, 0.3) is 0 Å². The summed E-state index contributed by atoms with van der Waals surface area (Å²) >= 11 is 0. The Morgan fingerprint density at radius 2 is 1.80 bits per heavy atom. The molecular formula is C22H31N5O3. The second-order valence-corrected chi connectivity index (χ2v) is 8.64. The number of carbonyl (C=O) groups excluding carboxylic acids is 3. The Morgan fingerprint density at radius 3 is 2.53 bits per heavy atom. The molecule has 1 saturated carbocycles. The molecule has 0 unspecified atom stereocenters. The van der Waals surface area contributed by atoms with Crippen molar-refractivity contribution in [1.82, 2.24) is 15.1 Å². The minimum Gasteiger partial charge on any atom is -0.367 e. The van der Waals surface area contributed by atoms with Crippen LogP contribution in [0, 0.1) is 0 Å². The minimum atomic E-state index is -0.680. The van der Waals surface area contributed by atoms with Crippen LogP contribution >= 0.6 is 0 Å². The molecule has 0 atom stereocenters. The molecule has 2 heterocycles. The van der Waals surface area contributed by atoms with Gasteiger partial charge in [0.1, 0.15) is 5.54 Å². The molecule has 8 nitrogen and oxygen atoms in total. The largest absolute Gasteiger partial charge is 0.367 e. The molecule has 4 rings (SSSR count). The van der Waals surface area contributed by atoms with E-state index in [1.807, 2.05) is 24.3 Å². The topological polar surface area (TPSA) is 85.0 Å². The van der Waals surface area contributed by atoms with Gasteiger partial charge in [-0.2, -0.15) is 0 Å². The van der Waals surface area contributed by atoms with E-state index in [4.69, 9.17) is 0 Å². The molecule has 4 amide bonds. The van der Waals surface area contributed by atoms with Gasteiger partial charge < -0.3 is 20.4 Å². The predicted octanol–water partition coefficient (Wildman–Crippen LogP) is 2.02. The molecule has 0 aromatic heterocycles. The lowest BCUT2D eigenvalue weighted by Gasteiger charge is -2.35. The summed E-state index contributed by atoms with van der Waals surface area (Å²) in [4.78, 5) is 43.3. The van der Waals surface area contributed by atoms with Gasteiger partial charge in [0.25, 0.3) is 5.91 Å². The maximum absolute atomic E-state index is 12.7. The summed E-state index contributed by atoms with van der Waals surface area (Å²) in [5.74, 6) is -0.218. The van der Waals surface area contributed by atoms with E-state index >= 15 is 0 Å². The van der Waals surface area contributed by atoms with E-state index in [9.17, 15) is 14.4 Å². The van der Waals surface area contributed by atoms with Crippen molar-refractivity contribution in [3.05, 3.63) is 24.3 Å². The fraction of sp³-hybridized carbons (Fsp3) is 0.591. The number of hydrogen-bond acceptors (Lipinski definition) is 5. The van der Waals surface area contributed by atoms with Crippen molar-refractivity contribution in [2.24, 2.45) is 0 Å². The first kappa shape index (κ1) is 20.7. The van der Waals surface area contributed by atoms with Gasteiger partial charge in [0.05, 0.1) is 11.4 Å². The zero-order valence-corrected chi connectivity index (χ0v) is 17.7. The molecule has 3 fully saturated rings. The molecule has 2 saturated heterocycles. The van der Waals surface area contributed by atoms with Crippen LogP contribution in [-0.4, -0.2) is 73.0 Å². The third kappa shape index (κ3) is 4.14. The number of nitrogens with zero attached hydrogens (tertiary/aromatic N) is 3. The summed E-state index contributed by atoms with van der Waals surface area (Å²) in [6.07, 6.45) is 4.10. The van der Waals surface area contributed by atoms with Crippen molar-refractivity contribution in [3.8, 4) is 0 Å². The van der Waals surface area contributed by atoms with Gasteiger partial charge in [-0.25, -0.2) is 4.79 Å². The van der Waals surface area contributed by atoms with E-state index in [-0.39, 0.29) is 30.8 Å². The average molecular weight is 414 g/mol. The highest BCUT2D eigenvalue weighted by Gasteiger charge is 2.52. The number of carbonyl (C=O) groups is 3. The molecule has 0 bridgehead atoms. The summed E-state index contributed by atoms with van der Waals surface area (Å²) in [6.45, 7) is 4.12. The Hall–Kier alpha value is -2.61. The molecule has 1 aromatic carbocycles. The highest BCUT2D eigenvalue weighted by molar-refractivity contribution is 6.07. The number of hydrogen-bond donors (Lipinski definition) is 2. The lowest BCUT2D eigenvalue weighted by Crippen LogP contribution is -2.44. The van der Waals surface area contributed by atoms with Crippen molar-refractivity contribution in [2.75, 3.05) is 50.0 Å². The molecule has 1 aliphatic carbocycles. The number of para-hydroxylation sites is 2. The van der Waals surface area contributed by atoms with E-state index in [1.54, 1.807) is 0 Å². The van der Waals surface area contributed by atoms with Crippen LogP contribution < -0.4 is 15.5 Å². The van der Waals surface area contributed by atoms with Crippen molar-refractivity contribution < 1.29 is 14.4 Å². The zero-order chi connectivity index (χ0) is 21.1. The van der Waals surface area contributed by atoms with Gasteiger partial charge in [0, 0.05) is 39.1 Å². The molecule has 1 aromatic rings. The lowest BCUT2D eigenvalue weighted by atomic mass is 9.98. The second-order valence-electron chi connectivity index (χ2n) is 8.64. The molecule has 3 aliphatic rings. The Labute approximate surface area is 177 Å². The fourth-order valence-corrected chi connectivity index (χ4v) is 4.71. The summed E-state index contributed by atoms with van der Waals surface area (Å²) in [7, 11) is 2.12. The molecular weight excluding hydrogens is 382 g/mol. The van der Waals surface area contributed by atoms with Crippen LogP contribution in [0.15, 0.2) is 24.3 Å². The Bertz CT molecular complexity index is 813. The number of imide groups is 1.